The quantitative estimate of drug-likeness (QED) is 0.584. The van der Waals surface area contributed by atoms with Crippen molar-refractivity contribution >= 4 is 21.7 Å². The molecule has 114 valence electrons. The lowest BCUT2D eigenvalue weighted by Gasteiger charge is -2.17. The van der Waals surface area contributed by atoms with Crippen molar-refractivity contribution in [2.75, 3.05) is 0 Å². The van der Waals surface area contributed by atoms with Crippen molar-refractivity contribution in [3.63, 3.8) is 0 Å². The third-order valence-electron chi connectivity index (χ3n) is 3.69. The highest BCUT2D eigenvalue weighted by molar-refractivity contribution is 9.11. The van der Waals surface area contributed by atoms with E-state index < -0.39 is 0 Å². The zero-order valence-electron chi connectivity index (χ0n) is 12.5. The van der Waals surface area contributed by atoms with Crippen LogP contribution >= 0.6 is 15.9 Å². The molecule has 0 atom stereocenters. The Kier molecular flexibility index (Phi) is 4.89. The molecule has 0 bridgehead atoms. The molecule has 2 aromatic rings. The van der Waals surface area contributed by atoms with Crippen LogP contribution in [-0.2, 0) is 6.42 Å². The normalized spacial score (nSPS) is 14.5. The van der Waals surface area contributed by atoms with Gasteiger partial charge in [0, 0.05) is 17.3 Å². The van der Waals surface area contributed by atoms with Crippen molar-refractivity contribution in [2.45, 2.75) is 6.42 Å². The fourth-order valence-corrected chi connectivity index (χ4v) is 2.86. The first-order valence-corrected chi connectivity index (χ1v) is 8.21. The first-order valence-electron chi connectivity index (χ1n) is 7.42. The molecule has 0 unspecified atom stereocenters. The summed E-state index contributed by atoms with van der Waals surface area (Å²) in [7, 11) is 0. The van der Waals surface area contributed by atoms with E-state index in [9.17, 15) is 4.79 Å². The Morgan fingerprint density at radius 1 is 0.826 bits per heavy atom. The van der Waals surface area contributed by atoms with Gasteiger partial charge in [-0.1, -0.05) is 60.7 Å². The van der Waals surface area contributed by atoms with Gasteiger partial charge < -0.3 is 5.32 Å². The van der Waals surface area contributed by atoms with Gasteiger partial charge in [-0.15, -0.1) is 0 Å². The molecule has 1 aliphatic carbocycles. The Bertz CT molecular complexity index is 770. The number of halogens is 1. The number of carbonyl (C=O) groups is 1. The van der Waals surface area contributed by atoms with E-state index in [0.717, 1.165) is 33.3 Å². The Morgan fingerprint density at radius 2 is 1.43 bits per heavy atom. The van der Waals surface area contributed by atoms with Crippen LogP contribution in [0.1, 0.15) is 27.0 Å². The zero-order chi connectivity index (χ0) is 16.1. The van der Waals surface area contributed by atoms with Crippen LogP contribution in [-0.4, -0.2) is 5.78 Å². The maximum atomic E-state index is 12.1. The molecule has 23 heavy (non-hydrogen) atoms. The van der Waals surface area contributed by atoms with Gasteiger partial charge in [0.1, 0.15) is 0 Å². The van der Waals surface area contributed by atoms with E-state index in [1.54, 1.807) is 0 Å². The van der Waals surface area contributed by atoms with E-state index in [2.05, 4.69) is 21.2 Å². The van der Waals surface area contributed by atoms with Crippen molar-refractivity contribution in [1.82, 2.24) is 5.32 Å². The number of carbonyl (C=O) groups excluding carboxylic acids is 1. The number of allylic oxidation sites excluding steroid dienone is 4. The molecule has 1 heterocycles. The summed E-state index contributed by atoms with van der Waals surface area (Å²) in [4.78, 5) is 12.1. The van der Waals surface area contributed by atoms with Gasteiger partial charge in [-0.3, -0.25) is 4.79 Å². The number of nitrogens with one attached hydrogen (secondary N) is 1. The highest BCUT2D eigenvalue weighted by Crippen LogP contribution is 2.26. The van der Waals surface area contributed by atoms with Gasteiger partial charge in [0.2, 0.25) is 0 Å². The summed E-state index contributed by atoms with van der Waals surface area (Å²) in [6, 6.07) is 15.7. The minimum Gasteiger partial charge on any atom is -0.356 e. The maximum Gasteiger partial charge on any atom is 0.193 e. The number of fused-ring (bicyclic) bond motifs is 2. The number of hydrogen-bond donors (Lipinski definition) is 1. The average molecular weight is 366 g/mol. The van der Waals surface area contributed by atoms with Crippen LogP contribution in [0, 0.1) is 0 Å². The molecular formula is C20H16BrNO. The molecule has 3 heteroatoms. The molecule has 1 aliphatic heterocycles. The summed E-state index contributed by atoms with van der Waals surface area (Å²) < 4.78 is 0.988. The van der Waals surface area contributed by atoms with Gasteiger partial charge in [0.25, 0.3) is 0 Å². The summed E-state index contributed by atoms with van der Waals surface area (Å²) in [5.74, 6) is 0.160. The zero-order valence-corrected chi connectivity index (χ0v) is 14.1. The van der Waals surface area contributed by atoms with Gasteiger partial charge >= 0.3 is 0 Å². The van der Waals surface area contributed by atoms with Gasteiger partial charge in [0.05, 0.1) is 4.61 Å². The smallest absolute Gasteiger partial charge is 0.193 e. The molecule has 0 radical (unpaired) electrons. The van der Waals surface area contributed by atoms with Crippen molar-refractivity contribution in [3.05, 3.63) is 106 Å². The number of ketones is 1. The molecule has 2 aromatic carbocycles. The Hall–Kier alpha value is -2.39. The summed E-state index contributed by atoms with van der Waals surface area (Å²) in [5, 5.41) is 2.98. The fourth-order valence-electron chi connectivity index (χ4n) is 2.58. The second-order valence-corrected chi connectivity index (χ2v) is 6.08. The monoisotopic (exact) mass is 365 g/mol. The highest BCUT2D eigenvalue weighted by Gasteiger charge is 2.21. The van der Waals surface area contributed by atoms with Gasteiger partial charge in [-0.25, -0.2) is 0 Å². The Labute approximate surface area is 144 Å². The van der Waals surface area contributed by atoms with Gasteiger partial charge in [-0.05, 0) is 45.6 Å². The van der Waals surface area contributed by atoms with E-state index in [0.29, 0.717) is 0 Å². The third kappa shape index (κ3) is 3.69. The predicted molar refractivity (Wildman–Crippen MR) is 97.5 cm³/mol. The largest absolute Gasteiger partial charge is 0.356 e. The van der Waals surface area contributed by atoms with Gasteiger partial charge in [-0.2, -0.15) is 0 Å². The molecule has 0 amide bonds. The SMILES string of the molecule is BrC1=CC=CC=CN1.O=C1c2ccccc2Cc2ccccc21. The van der Waals surface area contributed by atoms with E-state index in [1.807, 2.05) is 79.0 Å². The lowest BCUT2D eigenvalue weighted by atomic mass is 9.85. The fraction of sp³-hybridized carbons (Fsp3) is 0.0500. The predicted octanol–water partition coefficient (Wildman–Crippen LogP) is 4.72. The van der Waals surface area contributed by atoms with Crippen LogP contribution in [0.15, 0.2) is 83.6 Å². The number of rotatable bonds is 0. The van der Waals surface area contributed by atoms with E-state index in [-0.39, 0.29) is 5.78 Å². The van der Waals surface area contributed by atoms with Crippen LogP contribution in [0.3, 0.4) is 0 Å². The second-order valence-electron chi connectivity index (χ2n) is 5.22. The molecule has 2 aliphatic rings. The van der Waals surface area contributed by atoms with E-state index >= 15 is 0 Å². The maximum absolute atomic E-state index is 12.1. The molecule has 0 saturated heterocycles. The van der Waals surface area contributed by atoms with Crippen molar-refractivity contribution in [1.29, 1.82) is 0 Å². The third-order valence-corrected chi connectivity index (χ3v) is 4.18. The molecule has 0 aromatic heterocycles. The average Bonchev–Trinajstić information content (AvgIpc) is 2.83. The Morgan fingerprint density at radius 3 is 2.09 bits per heavy atom. The number of hydrogen-bond acceptors (Lipinski definition) is 2. The number of benzene rings is 2. The molecular weight excluding hydrogens is 350 g/mol. The first kappa shape index (κ1) is 15.5. The lowest BCUT2D eigenvalue weighted by Crippen LogP contribution is -2.14. The summed E-state index contributed by atoms with van der Waals surface area (Å²) >= 11 is 3.29. The van der Waals surface area contributed by atoms with Crippen LogP contribution in [0.5, 0.6) is 0 Å². The molecule has 0 fully saturated rings. The Balaban J connectivity index is 0.000000166. The molecule has 0 saturated carbocycles. The summed E-state index contributed by atoms with van der Waals surface area (Å²) in [6.45, 7) is 0. The van der Waals surface area contributed by atoms with Crippen LogP contribution < -0.4 is 5.32 Å². The van der Waals surface area contributed by atoms with E-state index in [4.69, 9.17) is 0 Å². The van der Waals surface area contributed by atoms with Crippen LogP contribution in [0.4, 0.5) is 0 Å². The molecule has 2 nitrogen and oxygen atoms in total. The molecule has 1 N–H and O–H groups in total. The van der Waals surface area contributed by atoms with Crippen molar-refractivity contribution < 1.29 is 4.79 Å². The second kappa shape index (κ2) is 7.25. The minimum atomic E-state index is 0.160. The van der Waals surface area contributed by atoms with Crippen LogP contribution in [0.25, 0.3) is 0 Å². The lowest BCUT2D eigenvalue weighted by molar-refractivity contribution is 0.103. The minimum absolute atomic E-state index is 0.160. The standard InChI is InChI=1S/C14H10O.C6H6BrN/c15-14-12-7-3-1-5-10(12)9-11-6-2-4-8-13(11)14;7-6-4-2-1-3-5-8-6/h1-8H,9H2;1-5,8H. The summed E-state index contributed by atoms with van der Waals surface area (Å²) in [6.07, 6.45) is 10.5. The summed E-state index contributed by atoms with van der Waals surface area (Å²) in [5.41, 5.74) is 4.00. The van der Waals surface area contributed by atoms with Crippen LogP contribution in [0.2, 0.25) is 0 Å². The van der Waals surface area contributed by atoms with Gasteiger partial charge in [0.15, 0.2) is 5.78 Å². The molecule has 0 spiro atoms. The van der Waals surface area contributed by atoms with Crippen molar-refractivity contribution in [3.8, 4) is 0 Å². The molecule has 4 rings (SSSR count). The first-order chi connectivity index (χ1) is 11.3. The van der Waals surface area contributed by atoms with Crippen molar-refractivity contribution in [2.24, 2.45) is 0 Å². The topological polar surface area (TPSA) is 29.1 Å². The highest BCUT2D eigenvalue weighted by atomic mass is 79.9. The van der Waals surface area contributed by atoms with E-state index in [1.165, 1.54) is 0 Å².